The Morgan fingerprint density at radius 2 is 1.10 bits per heavy atom. The Balaban J connectivity index is 1.33. The average molecular weight is 524 g/mol. The third-order valence-corrected chi connectivity index (χ3v) is 8.69. The summed E-state index contributed by atoms with van der Waals surface area (Å²) in [6.45, 7) is 1.88. The molecule has 0 N–H and O–H groups in total. The van der Waals surface area contributed by atoms with Crippen molar-refractivity contribution in [2.75, 3.05) is 6.54 Å². The molecule has 39 heavy (non-hydrogen) atoms. The fourth-order valence-electron chi connectivity index (χ4n) is 5.89. The lowest BCUT2D eigenvalue weighted by atomic mass is 9.76. The van der Waals surface area contributed by atoms with E-state index in [2.05, 4.69) is 155 Å². The lowest BCUT2D eigenvalue weighted by Crippen LogP contribution is -2.39. The molecule has 0 saturated carbocycles. The van der Waals surface area contributed by atoms with Crippen molar-refractivity contribution < 1.29 is 0 Å². The van der Waals surface area contributed by atoms with Crippen LogP contribution in [0.2, 0.25) is 0 Å². The molecule has 1 fully saturated rings. The molecule has 2 heterocycles. The van der Waals surface area contributed by atoms with Crippen LogP contribution in [0.3, 0.4) is 0 Å². The van der Waals surface area contributed by atoms with E-state index < -0.39 is 0 Å². The summed E-state index contributed by atoms with van der Waals surface area (Å²) in [7, 11) is 0. The Hall–Kier alpha value is -4.12. The van der Waals surface area contributed by atoms with Gasteiger partial charge in [0.2, 0.25) is 0 Å². The van der Waals surface area contributed by atoms with Gasteiger partial charge in [-0.05, 0) is 41.0 Å². The number of rotatable bonds is 8. The summed E-state index contributed by atoms with van der Waals surface area (Å²) >= 11 is 1.74. The van der Waals surface area contributed by atoms with E-state index in [1.54, 1.807) is 11.8 Å². The van der Waals surface area contributed by atoms with Gasteiger partial charge in [0.1, 0.15) is 0 Å². The van der Waals surface area contributed by atoms with Gasteiger partial charge < -0.3 is 4.57 Å². The summed E-state index contributed by atoms with van der Waals surface area (Å²) in [4.78, 5) is 8.93. The summed E-state index contributed by atoms with van der Waals surface area (Å²) < 4.78 is 2.42. The molecule has 0 amide bonds. The van der Waals surface area contributed by atoms with Crippen molar-refractivity contribution in [3.8, 4) is 0 Å². The van der Waals surface area contributed by atoms with E-state index in [0.717, 1.165) is 23.8 Å². The number of fused-ring (bicyclic) bond motifs is 1. The van der Waals surface area contributed by atoms with E-state index in [1.165, 1.54) is 27.1 Å². The molecule has 6 aromatic rings. The monoisotopic (exact) mass is 523 g/mol. The fourth-order valence-corrected chi connectivity index (χ4v) is 6.83. The van der Waals surface area contributed by atoms with Gasteiger partial charge in [-0.2, -0.15) is 0 Å². The minimum atomic E-state index is -0.377. The van der Waals surface area contributed by atoms with Crippen LogP contribution in [0.5, 0.6) is 0 Å². The highest BCUT2D eigenvalue weighted by atomic mass is 32.2. The van der Waals surface area contributed by atoms with Crippen molar-refractivity contribution in [2.45, 2.75) is 28.2 Å². The first kappa shape index (κ1) is 24.0. The second-order valence-corrected chi connectivity index (χ2v) is 11.1. The van der Waals surface area contributed by atoms with Crippen LogP contribution in [0, 0.1) is 0 Å². The number of para-hydroxylation sites is 2. The van der Waals surface area contributed by atoms with Crippen LogP contribution >= 0.6 is 11.8 Å². The topological polar surface area (TPSA) is 20.8 Å². The summed E-state index contributed by atoms with van der Waals surface area (Å²) in [6, 6.07) is 52.3. The van der Waals surface area contributed by atoms with Crippen LogP contribution in [-0.4, -0.2) is 27.0 Å². The van der Waals surface area contributed by atoms with Gasteiger partial charge in [-0.3, -0.25) is 4.90 Å². The minimum Gasteiger partial charge on any atom is -0.317 e. The standard InChI is InChI=1S/C35H29N3S/c1-5-15-27(16-6-1)35(28-17-7-2-8-18-28,29-19-9-3-10-20-29)38-26-30(38)25-37-33-24-14-13-23-32(33)36-34(37)39-31-21-11-4-12-22-31/h1-24,30H,25-26H2/t30-,38?/m1/s1. The Morgan fingerprint density at radius 1 is 0.615 bits per heavy atom. The smallest absolute Gasteiger partial charge is 0.173 e. The van der Waals surface area contributed by atoms with Crippen LogP contribution in [0.25, 0.3) is 11.0 Å². The van der Waals surface area contributed by atoms with E-state index in [9.17, 15) is 0 Å². The minimum absolute atomic E-state index is 0.360. The van der Waals surface area contributed by atoms with Gasteiger partial charge >= 0.3 is 0 Å². The Morgan fingerprint density at radius 3 is 1.67 bits per heavy atom. The molecular weight excluding hydrogens is 494 g/mol. The molecule has 1 aliphatic rings. The fraction of sp³-hybridized carbons (Fsp3) is 0.114. The normalized spacial score (nSPS) is 16.8. The lowest BCUT2D eigenvalue weighted by molar-refractivity contribution is 0.309. The second-order valence-electron chi connectivity index (χ2n) is 10.0. The van der Waals surface area contributed by atoms with Gasteiger partial charge in [0.25, 0.3) is 0 Å². The maximum atomic E-state index is 5.06. The highest BCUT2D eigenvalue weighted by Crippen LogP contribution is 2.49. The Kier molecular flexibility index (Phi) is 6.28. The van der Waals surface area contributed by atoms with E-state index in [0.29, 0.717) is 6.04 Å². The van der Waals surface area contributed by atoms with E-state index in [1.807, 2.05) is 0 Å². The number of hydrogen-bond donors (Lipinski definition) is 0. The molecule has 2 atom stereocenters. The predicted molar refractivity (Wildman–Crippen MR) is 160 cm³/mol. The summed E-state index contributed by atoms with van der Waals surface area (Å²) in [6.07, 6.45) is 0. The van der Waals surface area contributed by atoms with Crippen LogP contribution in [0.15, 0.2) is 156 Å². The number of aromatic nitrogens is 2. The van der Waals surface area contributed by atoms with Gasteiger partial charge in [-0.1, -0.05) is 133 Å². The molecule has 4 heteroatoms. The first-order valence-electron chi connectivity index (χ1n) is 13.5. The van der Waals surface area contributed by atoms with E-state index in [-0.39, 0.29) is 5.54 Å². The van der Waals surface area contributed by atoms with E-state index in [4.69, 9.17) is 4.98 Å². The SMILES string of the molecule is c1ccc(Sc2nc3ccccc3n2C[C@@H]2CN2C(c2ccccc2)(c2ccccc2)c2ccccc2)cc1. The molecule has 1 aliphatic heterocycles. The largest absolute Gasteiger partial charge is 0.317 e. The highest BCUT2D eigenvalue weighted by molar-refractivity contribution is 7.99. The second kappa shape index (κ2) is 10.2. The first-order chi connectivity index (χ1) is 19.3. The zero-order valence-electron chi connectivity index (χ0n) is 21.6. The van der Waals surface area contributed by atoms with Crippen molar-refractivity contribution in [2.24, 2.45) is 0 Å². The number of benzene rings is 5. The van der Waals surface area contributed by atoms with Gasteiger partial charge in [0, 0.05) is 24.0 Å². The van der Waals surface area contributed by atoms with E-state index >= 15 is 0 Å². The average Bonchev–Trinajstić information content (AvgIpc) is 3.69. The van der Waals surface area contributed by atoms with Crippen LogP contribution in [-0.2, 0) is 12.1 Å². The molecule has 5 aromatic carbocycles. The first-order valence-corrected chi connectivity index (χ1v) is 14.3. The van der Waals surface area contributed by atoms with Gasteiger partial charge in [0.05, 0.1) is 16.6 Å². The molecule has 1 unspecified atom stereocenters. The van der Waals surface area contributed by atoms with Crippen molar-refractivity contribution in [3.05, 3.63) is 162 Å². The van der Waals surface area contributed by atoms with Gasteiger partial charge in [0.15, 0.2) is 5.16 Å². The van der Waals surface area contributed by atoms with Crippen LogP contribution in [0.4, 0.5) is 0 Å². The third kappa shape index (κ3) is 4.36. The van der Waals surface area contributed by atoms with Crippen LogP contribution in [0.1, 0.15) is 16.7 Å². The molecule has 7 rings (SSSR count). The molecule has 0 bridgehead atoms. The number of nitrogens with zero attached hydrogens (tertiary/aromatic N) is 3. The summed E-state index contributed by atoms with van der Waals surface area (Å²) in [5.74, 6) is 0. The Bertz CT molecular complexity index is 1590. The van der Waals surface area contributed by atoms with Gasteiger partial charge in [-0.25, -0.2) is 4.98 Å². The zero-order chi connectivity index (χ0) is 26.1. The number of imidazole rings is 1. The molecular formula is C35H29N3S. The van der Waals surface area contributed by atoms with Gasteiger partial charge in [-0.15, -0.1) is 0 Å². The molecule has 0 radical (unpaired) electrons. The quantitative estimate of drug-likeness (QED) is 0.150. The molecule has 190 valence electrons. The molecule has 1 saturated heterocycles. The highest BCUT2D eigenvalue weighted by Gasteiger charge is 2.53. The van der Waals surface area contributed by atoms with Crippen molar-refractivity contribution in [3.63, 3.8) is 0 Å². The van der Waals surface area contributed by atoms with Crippen molar-refractivity contribution in [1.82, 2.24) is 14.5 Å². The van der Waals surface area contributed by atoms with Crippen molar-refractivity contribution >= 4 is 22.8 Å². The third-order valence-electron chi connectivity index (χ3n) is 7.69. The maximum Gasteiger partial charge on any atom is 0.173 e. The molecule has 0 aliphatic carbocycles. The molecule has 1 aromatic heterocycles. The molecule has 0 spiro atoms. The van der Waals surface area contributed by atoms with Crippen LogP contribution < -0.4 is 0 Å². The van der Waals surface area contributed by atoms with Crippen molar-refractivity contribution in [1.29, 1.82) is 0 Å². The zero-order valence-corrected chi connectivity index (χ0v) is 22.4. The summed E-state index contributed by atoms with van der Waals surface area (Å²) in [5.41, 5.74) is 5.73. The lowest BCUT2D eigenvalue weighted by Gasteiger charge is -2.38. The summed E-state index contributed by atoms with van der Waals surface area (Å²) in [5, 5.41) is 1.04. The number of hydrogen-bond acceptors (Lipinski definition) is 3. The molecule has 3 nitrogen and oxygen atoms in total. The Labute approximate surface area is 233 Å². The predicted octanol–water partition coefficient (Wildman–Crippen LogP) is 7.86. The maximum absolute atomic E-state index is 5.06.